The molecule has 0 fully saturated rings. The summed E-state index contributed by atoms with van der Waals surface area (Å²) in [6.07, 6.45) is -4.66. The first-order chi connectivity index (χ1) is 11.1. The molecule has 0 bridgehead atoms. The quantitative estimate of drug-likeness (QED) is 0.849. The van der Waals surface area contributed by atoms with Crippen LogP contribution in [0.25, 0.3) is 0 Å². The average molecular weight is 359 g/mol. The van der Waals surface area contributed by atoms with E-state index in [0.717, 1.165) is 18.2 Å². The van der Waals surface area contributed by atoms with Crippen LogP contribution in [-0.2, 0) is 21.1 Å². The first-order valence-electron chi connectivity index (χ1n) is 6.57. The lowest BCUT2D eigenvalue weighted by molar-refractivity contribution is -0.137. The number of amides is 1. The predicted molar refractivity (Wildman–Crippen MR) is 80.0 cm³/mol. The number of hydrogen-bond acceptors (Lipinski definition) is 4. The third-order valence-corrected chi connectivity index (χ3v) is 4.07. The van der Waals surface area contributed by atoms with E-state index in [9.17, 15) is 26.4 Å². The second kappa shape index (κ2) is 6.52. The van der Waals surface area contributed by atoms with E-state index in [-0.39, 0.29) is 11.7 Å². The molecule has 0 atom stereocenters. The highest BCUT2D eigenvalue weighted by atomic mass is 32.2. The number of halogens is 3. The molecule has 5 nitrogen and oxygen atoms in total. The van der Waals surface area contributed by atoms with Crippen LogP contribution >= 0.6 is 0 Å². The fourth-order valence-corrected chi connectivity index (χ4v) is 2.78. The summed E-state index contributed by atoms with van der Waals surface area (Å²) < 4.78 is 67.0. The molecule has 9 heteroatoms. The topological polar surface area (TPSA) is 72.5 Å². The zero-order valence-corrected chi connectivity index (χ0v) is 13.1. The van der Waals surface area contributed by atoms with Gasteiger partial charge in [0.2, 0.25) is 5.91 Å². The number of rotatable bonds is 4. The monoisotopic (exact) mass is 359 g/mol. The second-order valence-corrected chi connectivity index (χ2v) is 6.31. The lowest BCUT2D eigenvalue weighted by atomic mass is 10.2. The Hall–Kier alpha value is -2.55. The number of benzene rings is 2. The molecule has 2 rings (SSSR count). The van der Waals surface area contributed by atoms with Gasteiger partial charge in [0.15, 0.2) is 0 Å². The van der Waals surface area contributed by atoms with Crippen LogP contribution in [0.4, 0.5) is 18.9 Å². The maximum atomic E-state index is 12.7. The standard InChI is InChI=1S/C15H12F3NO4S/c1-10(20)19-12-5-7-13(8-6-12)23-24(21,22)14-4-2-3-11(9-14)15(16,17)18/h2-9H,1H3,(H,19,20). The highest BCUT2D eigenvalue weighted by Gasteiger charge is 2.32. The van der Waals surface area contributed by atoms with Gasteiger partial charge in [0.25, 0.3) is 0 Å². The number of carbonyl (C=O) groups excluding carboxylic acids is 1. The van der Waals surface area contributed by atoms with Gasteiger partial charge in [-0.05, 0) is 42.5 Å². The molecular weight excluding hydrogens is 347 g/mol. The number of alkyl halides is 3. The molecule has 0 aliphatic heterocycles. The van der Waals surface area contributed by atoms with Gasteiger partial charge in [0.05, 0.1) is 5.56 Å². The SMILES string of the molecule is CC(=O)Nc1ccc(OS(=O)(=O)c2cccc(C(F)(F)F)c2)cc1. The van der Waals surface area contributed by atoms with Crippen LogP contribution in [0.5, 0.6) is 5.75 Å². The highest BCUT2D eigenvalue weighted by molar-refractivity contribution is 7.87. The van der Waals surface area contributed by atoms with E-state index in [1.54, 1.807) is 0 Å². The zero-order valence-electron chi connectivity index (χ0n) is 12.3. The van der Waals surface area contributed by atoms with Crippen LogP contribution in [0.3, 0.4) is 0 Å². The van der Waals surface area contributed by atoms with E-state index in [0.29, 0.717) is 11.8 Å². The molecular formula is C15H12F3NO4S. The van der Waals surface area contributed by atoms with Crippen molar-refractivity contribution in [2.24, 2.45) is 0 Å². The molecule has 2 aromatic carbocycles. The van der Waals surface area contributed by atoms with Crippen LogP contribution < -0.4 is 9.50 Å². The Kier molecular flexibility index (Phi) is 4.83. The Balaban J connectivity index is 2.24. The Morgan fingerprint density at radius 3 is 2.25 bits per heavy atom. The second-order valence-electron chi connectivity index (χ2n) is 4.77. The summed E-state index contributed by atoms with van der Waals surface area (Å²) >= 11 is 0. The van der Waals surface area contributed by atoms with Gasteiger partial charge < -0.3 is 9.50 Å². The van der Waals surface area contributed by atoms with Crippen molar-refractivity contribution in [2.75, 3.05) is 5.32 Å². The first-order valence-corrected chi connectivity index (χ1v) is 7.98. The fraction of sp³-hybridized carbons (Fsp3) is 0.133. The molecule has 0 unspecified atom stereocenters. The summed E-state index contributed by atoms with van der Waals surface area (Å²) in [5.41, 5.74) is -0.667. The Labute approximate surface area is 136 Å². The molecule has 0 saturated heterocycles. The summed E-state index contributed by atoms with van der Waals surface area (Å²) in [4.78, 5) is 10.3. The molecule has 0 heterocycles. The molecule has 0 aliphatic rings. The van der Waals surface area contributed by atoms with Gasteiger partial charge in [-0.3, -0.25) is 4.79 Å². The number of carbonyl (C=O) groups is 1. The van der Waals surface area contributed by atoms with Crippen LogP contribution in [0.2, 0.25) is 0 Å². The van der Waals surface area contributed by atoms with Gasteiger partial charge in [-0.25, -0.2) is 0 Å². The maximum Gasteiger partial charge on any atom is 0.416 e. The molecule has 0 saturated carbocycles. The number of hydrogen-bond donors (Lipinski definition) is 1. The predicted octanol–water partition coefficient (Wildman–Crippen LogP) is 3.43. The molecule has 24 heavy (non-hydrogen) atoms. The van der Waals surface area contributed by atoms with Crippen LogP contribution in [-0.4, -0.2) is 14.3 Å². The van der Waals surface area contributed by atoms with Crippen LogP contribution in [0.1, 0.15) is 12.5 Å². The summed E-state index contributed by atoms with van der Waals surface area (Å²) in [5, 5.41) is 2.48. The smallest absolute Gasteiger partial charge is 0.379 e. The molecule has 0 aromatic heterocycles. The fourth-order valence-electron chi connectivity index (χ4n) is 1.80. The normalized spacial score (nSPS) is 11.8. The van der Waals surface area contributed by atoms with Crippen molar-refractivity contribution >= 4 is 21.7 Å². The van der Waals surface area contributed by atoms with Gasteiger partial charge in [-0.2, -0.15) is 21.6 Å². The largest absolute Gasteiger partial charge is 0.416 e. The maximum absolute atomic E-state index is 12.7. The van der Waals surface area contributed by atoms with Gasteiger partial charge >= 0.3 is 16.3 Å². The molecule has 128 valence electrons. The van der Waals surface area contributed by atoms with Crippen molar-refractivity contribution in [3.05, 3.63) is 54.1 Å². The number of nitrogens with one attached hydrogen (secondary N) is 1. The third kappa shape index (κ3) is 4.48. The van der Waals surface area contributed by atoms with Gasteiger partial charge in [0.1, 0.15) is 10.6 Å². The first kappa shape index (κ1) is 17.8. The molecule has 0 aliphatic carbocycles. The minimum atomic E-state index is -4.66. The van der Waals surface area contributed by atoms with Crippen molar-refractivity contribution in [1.29, 1.82) is 0 Å². The Morgan fingerprint density at radius 1 is 1.08 bits per heavy atom. The van der Waals surface area contributed by atoms with E-state index < -0.39 is 26.8 Å². The molecule has 1 amide bonds. The summed E-state index contributed by atoms with van der Waals surface area (Å²) in [6, 6.07) is 8.61. The summed E-state index contributed by atoms with van der Waals surface area (Å²) in [5.74, 6) is -0.401. The third-order valence-electron chi connectivity index (χ3n) is 2.83. The van der Waals surface area contributed by atoms with E-state index in [1.807, 2.05) is 0 Å². The van der Waals surface area contributed by atoms with Gasteiger partial charge in [-0.15, -0.1) is 0 Å². The van der Waals surface area contributed by atoms with Crippen LogP contribution in [0, 0.1) is 0 Å². The minimum Gasteiger partial charge on any atom is -0.379 e. The lowest BCUT2D eigenvalue weighted by Crippen LogP contribution is -2.12. The van der Waals surface area contributed by atoms with Crippen molar-refractivity contribution in [3.8, 4) is 5.75 Å². The van der Waals surface area contributed by atoms with E-state index in [1.165, 1.54) is 31.2 Å². The number of anilines is 1. The van der Waals surface area contributed by atoms with Crippen molar-refractivity contribution in [2.45, 2.75) is 18.0 Å². The van der Waals surface area contributed by atoms with E-state index >= 15 is 0 Å². The van der Waals surface area contributed by atoms with Crippen LogP contribution in [0.15, 0.2) is 53.4 Å². The summed E-state index contributed by atoms with van der Waals surface area (Å²) in [6.45, 7) is 1.31. The molecule has 0 radical (unpaired) electrons. The van der Waals surface area contributed by atoms with Crippen molar-refractivity contribution in [1.82, 2.24) is 0 Å². The van der Waals surface area contributed by atoms with Gasteiger partial charge in [-0.1, -0.05) is 6.07 Å². The average Bonchev–Trinajstić information content (AvgIpc) is 2.48. The summed E-state index contributed by atoms with van der Waals surface area (Å²) in [7, 11) is -4.42. The Morgan fingerprint density at radius 2 is 1.71 bits per heavy atom. The van der Waals surface area contributed by atoms with Gasteiger partial charge in [0, 0.05) is 12.6 Å². The minimum absolute atomic E-state index is 0.0958. The van der Waals surface area contributed by atoms with E-state index in [2.05, 4.69) is 5.32 Å². The Bertz CT molecular complexity index is 846. The van der Waals surface area contributed by atoms with Crippen molar-refractivity contribution < 1.29 is 30.6 Å². The van der Waals surface area contributed by atoms with E-state index in [4.69, 9.17) is 4.18 Å². The van der Waals surface area contributed by atoms with Crippen molar-refractivity contribution in [3.63, 3.8) is 0 Å². The molecule has 1 N–H and O–H groups in total. The lowest BCUT2D eigenvalue weighted by Gasteiger charge is -2.10. The highest BCUT2D eigenvalue weighted by Crippen LogP contribution is 2.31. The molecule has 0 spiro atoms. The molecule has 2 aromatic rings. The zero-order chi connectivity index (χ0) is 18.0.